The maximum atomic E-state index is 12.8. The average molecular weight is 494 g/mol. The van der Waals surface area contributed by atoms with Crippen LogP contribution in [0.15, 0.2) is 0 Å². The van der Waals surface area contributed by atoms with Crippen LogP contribution < -0.4 is 0 Å². The van der Waals surface area contributed by atoms with Gasteiger partial charge in [0.25, 0.3) is 25.4 Å². The highest BCUT2D eigenvalue weighted by Gasteiger charge is 2.53. The summed E-state index contributed by atoms with van der Waals surface area (Å²) in [5, 5.41) is 0. The summed E-state index contributed by atoms with van der Waals surface area (Å²) in [7, 11) is 0. The highest BCUT2D eigenvalue weighted by atomic mass is 19.4. The zero-order valence-electron chi connectivity index (χ0n) is 13.1. The molecule has 0 aliphatic heterocycles. The second kappa shape index (κ2) is 9.90. The van der Waals surface area contributed by atoms with Gasteiger partial charge >= 0.3 is 24.7 Å². The molecule has 182 valence electrons. The molecule has 0 aromatic carbocycles. The number of ether oxygens (including phenoxy) is 4. The van der Waals surface area contributed by atoms with Crippen molar-refractivity contribution in [2.75, 3.05) is 0 Å². The molecular formula is C10H6F16O4. The van der Waals surface area contributed by atoms with Gasteiger partial charge in [-0.25, -0.2) is 17.6 Å². The van der Waals surface area contributed by atoms with E-state index in [1.807, 2.05) is 0 Å². The van der Waals surface area contributed by atoms with Gasteiger partial charge in [-0.2, -0.15) is 52.7 Å². The lowest BCUT2D eigenvalue weighted by atomic mass is 10.5. The van der Waals surface area contributed by atoms with E-state index in [4.69, 9.17) is 0 Å². The Balaban J connectivity index is 5.98. The summed E-state index contributed by atoms with van der Waals surface area (Å²) in [6.45, 7) is 0. The van der Waals surface area contributed by atoms with Gasteiger partial charge in [0.05, 0.1) is 0 Å². The molecule has 0 aromatic rings. The predicted octanol–water partition coefficient (Wildman–Crippen LogP) is 5.14. The third-order valence-electron chi connectivity index (χ3n) is 2.27. The number of alkyl halides is 16. The first-order valence-electron chi connectivity index (χ1n) is 6.51. The van der Waals surface area contributed by atoms with Gasteiger partial charge < -0.3 is 18.9 Å². The van der Waals surface area contributed by atoms with Gasteiger partial charge in [0.2, 0.25) is 12.6 Å². The van der Waals surface area contributed by atoms with Crippen LogP contribution in [-0.2, 0) is 18.9 Å². The van der Waals surface area contributed by atoms with Crippen LogP contribution in [0.1, 0.15) is 0 Å². The topological polar surface area (TPSA) is 36.9 Å². The molecule has 0 fully saturated rings. The summed E-state index contributed by atoms with van der Waals surface area (Å²) in [6, 6.07) is 0. The van der Waals surface area contributed by atoms with Crippen LogP contribution in [0.2, 0.25) is 0 Å². The first kappa shape index (κ1) is 28.7. The van der Waals surface area contributed by atoms with Crippen LogP contribution in [0.4, 0.5) is 70.2 Å². The van der Waals surface area contributed by atoms with E-state index < -0.39 is 62.7 Å². The number of hydrogen-bond donors (Lipinski definition) is 0. The van der Waals surface area contributed by atoms with E-state index in [1.54, 1.807) is 0 Å². The van der Waals surface area contributed by atoms with Crippen molar-refractivity contribution >= 4 is 0 Å². The van der Waals surface area contributed by atoms with Crippen LogP contribution in [0.3, 0.4) is 0 Å². The molecule has 0 rings (SSSR count). The maximum absolute atomic E-state index is 12.8. The molecule has 20 heteroatoms. The van der Waals surface area contributed by atoms with Crippen LogP contribution in [0.25, 0.3) is 0 Å². The molecule has 0 N–H and O–H groups in total. The molecular weight excluding hydrogens is 488 g/mol. The largest absolute Gasteiger partial charge is 0.445 e. The Morgan fingerprint density at radius 2 is 0.467 bits per heavy atom. The molecule has 4 unspecified atom stereocenters. The van der Waals surface area contributed by atoms with Gasteiger partial charge in [0, 0.05) is 0 Å². The van der Waals surface area contributed by atoms with Crippen molar-refractivity contribution < 1.29 is 89.2 Å². The normalized spacial score (nSPS) is 20.4. The van der Waals surface area contributed by atoms with E-state index in [1.165, 1.54) is 0 Å². The lowest BCUT2D eigenvalue weighted by Crippen LogP contribution is -2.49. The van der Waals surface area contributed by atoms with E-state index in [-0.39, 0.29) is 0 Å². The SMILES string of the molecule is FC(OC(OC(F)C(F)(F)F)C(OC(F)C(F)(F)F)OC(F)C(F)(F)F)C(F)(F)F. The summed E-state index contributed by atoms with van der Waals surface area (Å²) in [5.74, 6) is 0. The van der Waals surface area contributed by atoms with Gasteiger partial charge in [-0.1, -0.05) is 0 Å². The molecule has 0 aliphatic carbocycles. The zero-order chi connectivity index (χ0) is 24.3. The van der Waals surface area contributed by atoms with Crippen molar-refractivity contribution in [1.29, 1.82) is 0 Å². The summed E-state index contributed by atoms with van der Waals surface area (Å²) in [5.41, 5.74) is 0. The van der Waals surface area contributed by atoms with E-state index in [0.29, 0.717) is 0 Å². The van der Waals surface area contributed by atoms with Gasteiger partial charge in [0.1, 0.15) is 0 Å². The first-order valence-corrected chi connectivity index (χ1v) is 6.51. The maximum Gasteiger partial charge on any atom is 0.445 e. The summed E-state index contributed by atoms with van der Waals surface area (Å²) < 4.78 is 208. The summed E-state index contributed by atoms with van der Waals surface area (Å²) >= 11 is 0. The fraction of sp³-hybridized carbons (Fsp3) is 1.00. The Bertz CT molecular complexity index is 422. The first-order chi connectivity index (χ1) is 13.1. The van der Waals surface area contributed by atoms with Crippen molar-refractivity contribution in [3.63, 3.8) is 0 Å². The molecule has 0 spiro atoms. The van der Waals surface area contributed by atoms with Crippen molar-refractivity contribution in [3.8, 4) is 0 Å². The highest BCUT2D eigenvalue weighted by Crippen LogP contribution is 2.34. The van der Waals surface area contributed by atoms with Crippen molar-refractivity contribution in [2.45, 2.75) is 62.7 Å². The molecule has 0 amide bonds. The fourth-order valence-electron chi connectivity index (χ4n) is 1.10. The minimum atomic E-state index is -6.23. The second-order valence-electron chi connectivity index (χ2n) is 4.71. The number of rotatable bonds is 9. The quantitative estimate of drug-likeness (QED) is 0.329. The molecule has 0 saturated heterocycles. The molecule has 0 heterocycles. The molecule has 30 heavy (non-hydrogen) atoms. The third kappa shape index (κ3) is 9.69. The Labute approximate surface area is 153 Å². The zero-order valence-corrected chi connectivity index (χ0v) is 13.1. The fourth-order valence-corrected chi connectivity index (χ4v) is 1.10. The van der Waals surface area contributed by atoms with Crippen LogP contribution in [-0.4, -0.2) is 62.7 Å². The van der Waals surface area contributed by atoms with Crippen molar-refractivity contribution in [1.82, 2.24) is 0 Å². The number of halogens is 16. The van der Waals surface area contributed by atoms with E-state index in [2.05, 4.69) is 18.9 Å². The standard InChI is InChI=1S/C10H6F16O4/c11-3(7(15,16)17)27-1(28-4(12)8(18,19)20)2(29-5(13)9(21,22)23)30-6(14)10(24,25)26/h1-6H. The molecule has 0 radical (unpaired) electrons. The van der Waals surface area contributed by atoms with Gasteiger partial charge in [-0.3, -0.25) is 0 Å². The average Bonchev–Trinajstić information content (AvgIpc) is 2.49. The van der Waals surface area contributed by atoms with Gasteiger partial charge in [0.15, 0.2) is 0 Å². The lowest BCUT2D eigenvalue weighted by molar-refractivity contribution is -0.430. The summed E-state index contributed by atoms with van der Waals surface area (Å²) in [4.78, 5) is 0. The molecule has 0 aliphatic rings. The molecule has 4 atom stereocenters. The van der Waals surface area contributed by atoms with Crippen molar-refractivity contribution in [2.24, 2.45) is 0 Å². The molecule has 4 nitrogen and oxygen atoms in total. The van der Waals surface area contributed by atoms with E-state index >= 15 is 0 Å². The summed E-state index contributed by atoms with van der Waals surface area (Å²) in [6.07, 6.45) is -53.0. The lowest BCUT2D eigenvalue weighted by Gasteiger charge is -2.32. The van der Waals surface area contributed by atoms with Crippen LogP contribution in [0, 0.1) is 0 Å². The van der Waals surface area contributed by atoms with Gasteiger partial charge in [-0.05, 0) is 0 Å². The second-order valence-corrected chi connectivity index (χ2v) is 4.71. The monoisotopic (exact) mass is 494 g/mol. The molecule has 0 saturated carbocycles. The molecule has 0 bridgehead atoms. The van der Waals surface area contributed by atoms with E-state index in [0.717, 1.165) is 0 Å². The Kier molecular flexibility index (Phi) is 9.47. The highest BCUT2D eigenvalue weighted by molar-refractivity contribution is 4.67. The Morgan fingerprint density at radius 1 is 0.333 bits per heavy atom. The minimum absolute atomic E-state index is 2.90. The number of hydrogen-bond acceptors (Lipinski definition) is 4. The minimum Gasteiger partial charge on any atom is -0.306 e. The molecule has 0 aromatic heterocycles. The van der Waals surface area contributed by atoms with Gasteiger partial charge in [-0.15, -0.1) is 0 Å². The predicted molar refractivity (Wildman–Crippen MR) is 55.7 cm³/mol. The van der Waals surface area contributed by atoms with Crippen molar-refractivity contribution in [3.05, 3.63) is 0 Å². The van der Waals surface area contributed by atoms with Crippen LogP contribution in [0.5, 0.6) is 0 Å². The Hall–Kier alpha value is -1.28. The smallest absolute Gasteiger partial charge is 0.306 e. The third-order valence-corrected chi connectivity index (χ3v) is 2.27. The van der Waals surface area contributed by atoms with Crippen LogP contribution >= 0.6 is 0 Å². The van der Waals surface area contributed by atoms with E-state index in [9.17, 15) is 70.2 Å². The Morgan fingerprint density at radius 3 is 0.567 bits per heavy atom.